The summed E-state index contributed by atoms with van der Waals surface area (Å²) in [6.07, 6.45) is 2.10. The number of amides is 1. The molecule has 24 heavy (non-hydrogen) atoms. The molecule has 1 aliphatic rings. The number of rotatable bonds is 4. The molecule has 0 aliphatic carbocycles. The molecule has 0 saturated carbocycles. The van der Waals surface area contributed by atoms with Crippen LogP contribution in [0.4, 0.5) is 0 Å². The Morgan fingerprint density at radius 1 is 1.46 bits per heavy atom. The number of benzene rings is 1. The zero-order valence-corrected chi connectivity index (χ0v) is 14.9. The Bertz CT molecular complexity index is 714. The third-order valence-corrected chi connectivity index (χ3v) is 5.22. The van der Waals surface area contributed by atoms with E-state index in [0.29, 0.717) is 19.6 Å². The van der Waals surface area contributed by atoms with Gasteiger partial charge < -0.3 is 14.4 Å². The van der Waals surface area contributed by atoms with E-state index in [1.54, 1.807) is 18.4 Å². The Hall–Kier alpha value is -2.08. The van der Waals surface area contributed by atoms with Gasteiger partial charge in [-0.1, -0.05) is 12.1 Å². The molecule has 3 rings (SSSR count). The van der Waals surface area contributed by atoms with Crippen LogP contribution in [0.1, 0.15) is 29.0 Å². The second kappa shape index (κ2) is 7.66. The fourth-order valence-corrected chi connectivity index (χ4v) is 3.66. The van der Waals surface area contributed by atoms with Crippen molar-refractivity contribution in [3.8, 4) is 11.5 Å². The molecule has 0 radical (unpaired) electrons. The number of aromatic nitrogens is 1. The zero-order valence-electron chi connectivity index (χ0n) is 14.1. The topological polar surface area (TPSA) is 51.7 Å². The van der Waals surface area contributed by atoms with Crippen LogP contribution in [-0.2, 0) is 17.8 Å². The van der Waals surface area contributed by atoms with E-state index in [9.17, 15) is 4.79 Å². The first-order valence-corrected chi connectivity index (χ1v) is 9.02. The van der Waals surface area contributed by atoms with Crippen LogP contribution in [-0.4, -0.2) is 36.1 Å². The van der Waals surface area contributed by atoms with Crippen LogP contribution in [0.5, 0.6) is 11.5 Å². The lowest BCUT2D eigenvalue weighted by molar-refractivity contribution is -0.132. The fraction of sp³-hybridized carbons (Fsp3) is 0.444. The van der Waals surface area contributed by atoms with Crippen molar-refractivity contribution in [2.24, 2.45) is 0 Å². The predicted octanol–water partition coefficient (Wildman–Crippen LogP) is 3.20. The van der Waals surface area contributed by atoms with Crippen LogP contribution in [0.2, 0.25) is 0 Å². The lowest BCUT2D eigenvalue weighted by Gasteiger charge is -2.27. The van der Waals surface area contributed by atoms with Gasteiger partial charge in [0, 0.05) is 30.0 Å². The van der Waals surface area contributed by atoms with Crippen LogP contribution in [0.15, 0.2) is 23.7 Å². The predicted molar refractivity (Wildman–Crippen MR) is 93.7 cm³/mol. The molecule has 0 saturated heterocycles. The molecule has 2 heterocycles. The SMILES string of the molecule is COc1cccc2c1OCCCN(C(=O)CCc1scnc1C)C2. The van der Waals surface area contributed by atoms with Gasteiger partial charge in [0.05, 0.1) is 24.9 Å². The van der Waals surface area contributed by atoms with Crippen LogP contribution in [0, 0.1) is 6.92 Å². The van der Waals surface area contributed by atoms with E-state index in [-0.39, 0.29) is 5.91 Å². The summed E-state index contributed by atoms with van der Waals surface area (Å²) in [5.41, 5.74) is 3.87. The largest absolute Gasteiger partial charge is 0.493 e. The third kappa shape index (κ3) is 3.70. The minimum Gasteiger partial charge on any atom is -0.493 e. The van der Waals surface area contributed by atoms with Crippen molar-refractivity contribution in [2.45, 2.75) is 32.7 Å². The molecule has 0 unspecified atom stereocenters. The number of carbonyl (C=O) groups excluding carboxylic acids is 1. The summed E-state index contributed by atoms with van der Waals surface area (Å²) in [6.45, 7) is 3.86. The molecule has 0 atom stereocenters. The van der Waals surface area contributed by atoms with E-state index in [4.69, 9.17) is 9.47 Å². The maximum Gasteiger partial charge on any atom is 0.223 e. The van der Waals surface area contributed by atoms with Gasteiger partial charge in [-0.3, -0.25) is 4.79 Å². The fourth-order valence-electron chi connectivity index (χ4n) is 2.88. The average Bonchev–Trinajstić information content (AvgIpc) is 2.98. The molecule has 1 aromatic heterocycles. The van der Waals surface area contributed by atoms with Crippen molar-refractivity contribution < 1.29 is 14.3 Å². The van der Waals surface area contributed by atoms with Crippen LogP contribution in [0.25, 0.3) is 0 Å². The number of hydrogen-bond acceptors (Lipinski definition) is 5. The third-order valence-electron chi connectivity index (χ3n) is 4.22. The second-order valence-corrected chi connectivity index (χ2v) is 6.77. The Kier molecular flexibility index (Phi) is 5.35. The van der Waals surface area contributed by atoms with E-state index in [0.717, 1.165) is 42.1 Å². The van der Waals surface area contributed by atoms with Gasteiger partial charge in [-0.2, -0.15) is 0 Å². The summed E-state index contributed by atoms with van der Waals surface area (Å²) >= 11 is 1.62. The van der Waals surface area contributed by atoms with Crippen molar-refractivity contribution in [3.63, 3.8) is 0 Å². The highest BCUT2D eigenvalue weighted by Crippen LogP contribution is 2.33. The minimum atomic E-state index is 0.179. The highest BCUT2D eigenvalue weighted by molar-refractivity contribution is 7.09. The number of fused-ring (bicyclic) bond motifs is 1. The van der Waals surface area contributed by atoms with Gasteiger partial charge >= 0.3 is 0 Å². The standard InChI is InChI=1S/C18H22N2O3S/c1-13-16(24-12-19-13)7-8-17(21)20-9-4-10-23-18-14(11-20)5-3-6-15(18)22-2/h3,5-6,12H,4,7-11H2,1-2H3. The van der Waals surface area contributed by atoms with Gasteiger partial charge in [0.1, 0.15) is 0 Å². The van der Waals surface area contributed by atoms with E-state index in [1.165, 1.54) is 4.88 Å². The summed E-state index contributed by atoms with van der Waals surface area (Å²) < 4.78 is 11.2. The zero-order chi connectivity index (χ0) is 16.9. The molecule has 1 amide bonds. The number of methoxy groups -OCH3 is 1. The van der Waals surface area contributed by atoms with Gasteiger partial charge in [0.15, 0.2) is 11.5 Å². The van der Waals surface area contributed by atoms with E-state index in [1.807, 2.05) is 35.5 Å². The molecule has 128 valence electrons. The van der Waals surface area contributed by atoms with Crippen molar-refractivity contribution in [2.75, 3.05) is 20.3 Å². The Balaban J connectivity index is 1.71. The van der Waals surface area contributed by atoms with Gasteiger partial charge in [0.25, 0.3) is 0 Å². The Morgan fingerprint density at radius 3 is 3.08 bits per heavy atom. The van der Waals surface area contributed by atoms with Crippen molar-refractivity contribution in [1.29, 1.82) is 0 Å². The highest BCUT2D eigenvalue weighted by Gasteiger charge is 2.21. The lowest BCUT2D eigenvalue weighted by Crippen LogP contribution is -2.33. The Labute approximate surface area is 146 Å². The van der Waals surface area contributed by atoms with Gasteiger partial charge in [-0.25, -0.2) is 4.98 Å². The Morgan fingerprint density at radius 2 is 2.33 bits per heavy atom. The van der Waals surface area contributed by atoms with E-state index in [2.05, 4.69) is 4.98 Å². The second-order valence-electron chi connectivity index (χ2n) is 5.83. The smallest absolute Gasteiger partial charge is 0.223 e. The quantitative estimate of drug-likeness (QED) is 0.853. The first-order valence-electron chi connectivity index (χ1n) is 8.14. The number of hydrogen-bond donors (Lipinski definition) is 0. The lowest BCUT2D eigenvalue weighted by atomic mass is 10.1. The van der Waals surface area contributed by atoms with E-state index < -0.39 is 0 Å². The summed E-state index contributed by atoms with van der Waals surface area (Å²) in [4.78, 5) is 20.0. The van der Waals surface area contributed by atoms with Gasteiger partial charge in [0.2, 0.25) is 5.91 Å². The number of aryl methyl sites for hydroxylation is 2. The van der Waals surface area contributed by atoms with Gasteiger partial charge in [-0.05, 0) is 25.8 Å². The molecular formula is C18H22N2O3S. The maximum absolute atomic E-state index is 12.7. The normalized spacial score (nSPS) is 14.3. The average molecular weight is 346 g/mol. The van der Waals surface area contributed by atoms with Crippen molar-refractivity contribution >= 4 is 17.2 Å². The molecule has 0 N–H and O–H groups in total. The molecule has 1 aromatic carbocycles. The van der Waals surface area contributed by atoms with Crippen LogP contribution in [0.3, 0.4) is 0 Å². The first-order chi connectivity index (χ1) is 11.7. The minimum absolute atomic E-state index is 0.179. The number of carbonyl (C=O) groups is 1. The molecule has 0 bridgehead atoms. The number of nitrogens with zero attached hydrogens (tertiary/aromatic N) is 2. The van der Waals surface area contributed by atoms with E-state index >= 15 is 0 Å². The summed E-state index contributed by atoms with van der Waals surface area (Å²) in [5, 5.41) is 0. The summed E-state index contributed by atoms with van der Waals surface area (Å²) in [5.74, 6) is 1.66. The first kappa shape index (κ1) is 16.8. The van der Waals surface area contributed by atoms with Crippen molar-refractivity contribution in [3.05, 3.63) is 39.8 Å². The van der Waals surface area contributed by atoms with Crippen molar-refractivity contribution in [1.82, 2.24) is 9.88 Å². The summed E-state index contributed by atoms with van der Waals surface area (Å²) in [7, 11) is 1.64. The molecule has 6 heteroatoms. The molecule has 1 aliphatic heterocycles. The monoisotopic (exact) mass is 346 g/mol. The van der Waals surface area contributed by atoms with Gasteiger partial charge in [-0.15, -0.1) is 11.3 Å². The van der Waals surface area contributed by atoms with Crippen LogP contribution < -0.4 is 9.47 Å². The number of thiazole rings is 1. The number of ether oxygens (including phenoxy) is 2. The number of para-hydroxylation sites is 1. The maximum atomic E-state index is 12.7. The molecular weight excluding hydrogens is 324 g/mol. The molecule has 0 spiro atoms. The highest BCUT2D eigenvalue weighted by atomic mass is 32.1. The molecule has 2 aromatic rings. The van der Waals surface area contributed by atoms with Crippen LogP contribution >= 0.6 is 11.3 Å². The summed E-state index contributed by atoms with van der Waals surface area (Å²) in [6, 6.07) is 5.82. The molecule has 5 nitrogen and oxygen atoms in total. The molecule has 0 fully saturated rings.